The Labute approximate surface area is 117 Å². The molecule has 0 bridgehead atoms. The number of nitrogens with two attached hydrogens (primary N) is 1. The molecule has 1 unspecified atom stereocenters. The molecule has 2 rings (SSSR count). The molecule has 0 saturated carbocycles. The van der Waals surface area contributed by atoms with E-state index in [-0.39, 0.29) is 5.91 Å². The van der Waals surface area contributed by atoms with Gasteiger partial charge in [0.25, 0.3) is 5.91 Å². The number of carbonyl (C=O) groups is 1. The number of carbonyl (C=O) groups excluding carboxylic acids is 1. The normalized spacial score (nSPS) is 18.3. The monoisotopic (exact) mass is 283 g/mol. The van der Waals surface area contributed by atoms with Crippen molar-refractivity contribution >= 4 is 23.2 Å². The molecule has 4 N–H and O–H groups in total. The highest BCUT2D eigenvalue weighted by Crippen LogP contribution is 2.20. The van der Waals surface area contributed by atoms with Crippen LogP contribution in [0.25, 0.3) is 0 Å². The Morgan fingerprint density at radius 1 is 1.53 bits per heavy atom. The van der Waals surface area contributed by atoms with Crippen LogP contribution in [0.3, 0.4) is 0 Å². The summed E-state index contributed by atoms with van der Waals surface area (Å²) in [5, 5.41) is 3.39. The Kier molecular flexibility index (Phi) is 5.01. The molecule has 0 spiro atoms. The van der Waals surface area contributed by atoms with Crippen LogP contribution in [0.15, 0.2) is 18.2 Å². The summed E-state index contributed by atoms with van der Waals surface area (Å²) in [6.07, 6.45) is 2.00. The minimum Gasteiger partial charge on any atom is -0.381 e. The first-order chi connectivity index (χ1) is 9.20. The molecule has 1 heterocycles. The molecule has 1 aromatic carbocycles. The number of nitrogens with one attached hydrogen (secondary N) is 2. The summed E-state index contributed by atoms with van der Waals surface area (Å²) >= 11 is 5.89. The quantitative estimate of drug-likeness (QED) is 0.569. The number of anilines is 1. The maximum Gasteiger partial charge on any atom is 0.253 e. The van der Waals surface area contributed by atoms with Crippen molar-refractivity contribution in [3.05, 3.63) is 28.8 Å². The molecule has 1 fully saturated rings. The smallest absolute Gasteiger partial charge is 0.253 e. The fourth-order valence-corrected chi connectivity index (χ4v) is 2.30. The SMILES string of the molecule is NNc1ccc(Cl)cc1C(=O)NCCC1CCOC1. The zero-order valence-corrected chi connectivity index (χ0v) is 11.4. The molecule has 1 atom stereocenters. The summed E-state index contributed by atoms with van der Waals surface area (Å²) in [6, 6.07) is 4.97. The Morgan fingerprint density at radius 3 is 3.05 bits per heavy atom. The van der Waals surface area contributed by atoms with Crippen LogP contribution < -0.4 is 16.6 Å². The Hall–Kier alpha value is -1.30. The molecule has 1 aliphatic rings. The molecule has 0 aromatic heterocycles. The zero-order chi connectivity index (χ0) is 13.7. The molecule has 1 aromatic rings. The van der Waals surface area contributed by atoms with Crippen molar-refractivity contribution < 1.29 is 9.53 Å². The van der Waals surface area contributed by atoms with Gasteiger partial charge in [-0.25, -0.2) is 0 Å². The van der Waals surface area contributed by atoms with Crippen LogP contribution >= 0.6 is 11.6 Å². The van der Waals surface area contributed by atoms with Crippen LogP contribution in [-0.4, -0.2) is 25.7 Å². The molecule has 5 nitrogen and oxygen atoms in total. The van der Waals surface area contributed by atoms with E-state index in [1.54, 1.807) is 18.2 Å². The van der Waals surface area contributed by atoms with Gasteiger partial charge in [0.05, 0.1) is 11.3 Å². The Bertz CT molecular complexity index is 448. The van der Waals surface area contributed by atoms with Gasteiger partial charge in [-0.3, -0.25) is 10.6 Å². The first-order valence-corrected chi connectivity index (χ1v) is 6.70. The standard InChI is InChI=1S/C13H18ClN3O2/c14-10-1-2-12(17-15)11(7-10)13(18)16-5-3-9-4-6-19-8-9/h1-2,7,9,17H,3-6,8,15H2,(H,16,18). The van der Waals surface area contributed by atoms with Crippen LogP contribution in [0.1, 0.15) is 23.2 Å². The van der Waals surface area contributed by atoms with E-state index in [2.05, 4.69) is 10.7 Å². The van der Waals surface area contributed by atoms with Crippen molar-refractivity contribution in [2.45, 2.75) is 12.8 Å². The number of halogens is 1. The van der Waals surface area contributed by atoms with E-state index >= 15 is 0 Å². The number of ether oxygens (including phenoxy) is 1. The first-order valence-electron chi connectivity index (χ1n) is 6.33. The molecule has 104 valence electrons. The minimum absolute atomic E-state index is 0.172. The van der Waals surface area contributed by atoms with E-state index in [4.69, 9.17) is 22.2 Å². The highest BCUT2D eigenvalue weighted by atomic mass is 35.5. The second-order valence-electron chi connectivity index (χ2n) is 4.61. The molecule has 1 saturated heterocycles. The fourth-order valence-electron chi connectivity index (χ4n) is 2.13. The van der Waals surface area contributed by atoms with Crippen LogP contribution in [0.2, 0.25) is 5.02 Å². The highest BCUT2D eigenvalue weighted by Gasteiger charge is 2.16. The van der Waals surface area contributed by atoms with Crippen LogP contribution in [-0.2, 0) is 4.74 Å². The van der Waals surface area contributed by atoms with E-state index in [1.807, 2.05) is 0 Å². The molecule has 1 amide bonds. The number of benzene rings is 1. The van der Waals surface area contributed by atoms with Gasteiger partial charge < -0.3 is 15.5 Å². The van der Waals surface area contributed by atoms with Gasteiger partial charge in [0.15, 0.2) is 0 Å². The largest absolute Gasteiger partial charge is 0.381 e. The fraction of sp³-hybridized carbons (Fsp3) is 0.462. The topological polar surface area (TPSA) is 76.4 Å². The molecule has 19 heavy (non-hydrogen) atoms. The van der Waals surface area contributed by atoms with E-state index in [1.165, 1.54) is 0 Å². The molecular formula is C13H18ClN3O2. The predicted octanol–water partition coefficient (Wildman–Crippen LogP) is 1.78. The van der Waals surface area contributed by atoms with Gasteiger partial charge in [-0.2, -0.15) is 0 Å². The Morgan fingerprint density at radius 2 is 2.37 bits per heavy atom. The molecule has 0 radical (unpaired) electrons. The van der Waals surface area contributed by atoms with E-state index < -0.39 is 0 Å². The zero-order valence-electron chi connectivity index (χ0n) is 10.6. The number of rotatable bonds is 5. The third-order valence-corrected chi connectivity index (χ3v) is 3.48. The predicted molar refractivity (Wildman–Crippen MR) is 75.1 cm³/mol. The first kappa shape index (κ1) is 14.1. The van der Waals surface area contributed by atoms with Crippen LogP contribution in [0.4, 0.5) is 5.69 Å². The molecule has 1 aliphatic heterocycles. The molecule has 0 aliphatic carbocycles. The van der Waals surface area contributed by atoms with Crippen molar-refractivity contribution in [2.24, 2.45) is 11.8 Å². The number of hydrazine groups is 1. The number of nitrogen functional groups attached to an aromatic ring is 1. The average Bonchev–Trinajstić information content (AvgIpc) is 2.91. The van der Waals surface area contributed by atoms with Crippen molar-refractivity contribution in [3.8, 4) is 0 Å². The summed E-state index contributed by atoms with van der Waals surface area (Å²) < 4.78 is 5.29. The van der Waals surface area contributed by atoms with Gasteiger partial charge in [-0.05, 0) is 37.0 Å². The van der Waals surface area contributed by atoms with E-state index in [9.17, 15) is 4.79 Å². The third-order valence-electron chi connectivity index (χ3n) is 3.24. The lowest BCUT2D eigenvalue weighted by molar-refractivity contribution is 0.0951. The number of amides is 1. The maximum absolute atomic E-state index is 12.1. The van der Waals surface area contributed by atoms with Crippen molar-refractivity contribution in [2.75, 3.05) is 25.2 Å². The van der Waals surface area contributed by atoms with Crippen molar-refractivity contribution in [1.82, 2.24) is 5.32 Å². The van der Waals surface area contributed by atoms with Gasteiger partial charge in [0.1, 0.15) is 0 Å². The summed E-state index contributed by atoms with van der Waals surface area (Å²) in [7, 11) is 0. The van der Waals surface area contributed by atoms with Crippen LogP contribution in [0.5, 0.6) is 0 Å². The molecular weight excluding hydrogens is 266 g/mol. The van der Waals surface area contributed by atoms with Crippen LogP contribution in [0, 0.1) is 5.92 Å². The number of hydrogen-bond acceptors (Lipinski definition) is 4. The van der Waals surface area contributed by atoms with E-state index in [0.717, 1.165) is 26.1 Å². The van der Waals surface area contributed by atoms with Gasteiger partial charge in [0.2, 0.25) is 0 Å². The summed E-state index contributed by atoms with van der Waals surface area (Å²) in [5.74, 6) is 5.75. The number of hydrogen-bond donors (Lipinski definition) is 3. The van der Waals surface area contributed by atoms with E-state index in [0.29, 0.717) is 28.7 Å². The average molecular weight is 284 g/mol. The van der Waals surface area contributed by atoms with Crippen molar-refractivity contribution in [1.29, 1.82) is 0 Å². The van der Waals surface area contributed by atoms with Gasteiger partial charge in [0, 0.05) is 24.8 Å². The molecule has 6 heteroatoms. The minimum atomic E-state index is -0.172. The Balaban J connectivity index is 1.89. The summed E-state index contributed by atoms with van der Waals surface area (Å²) in [6.45, 7) is 2.25. The van der Waals surface area contributed by atoms with Gasteiger partial charge >= 0.3 is 0 Å². The summed E-state index contributed by atoms with van der Waals surface area (Å²) in [4.78, 5) is 12.1. The maximum atomic E-state index is 12.1. The van der Waals surface area contributed by atoms with Gasteiger partial charge in [-0.1, -0.05) is 11.6 Å². The second-order valence-corrected chi connectivity index (χ2v) is 5.04. The third kappa shape index (κ3) is 3.83. The lowest BCUT2D eigenvalue weighted by Crippen LogP contribution is -2.27. The second kappa shape index (κ2) is 6.75. The lowest BCUT2D eigenvalue weighted by Gasteiger charge is -2.11. The highest BCUT2D eigenvalue weighted by molar-refractivity contribution is 6.31. The lowest BCUT2D eigenvalue weighted by atomic mass is 10.1. The van der Waals surface area contributed by atoms with Gasteiger partial charge in [-0.15, -0.1) is 0 Å². The summed E-state index contributed by atoms with van der Waals surface area (Å²) in [5.41, 5.74) is 3.51. The van der Waals surface area contributed by atoms with Crippen molar-refractivity contribution in [3.63, 3.8) is 0 Å².